The summed E-state index contributed by atoms with van der Waals surface area (Å²) in [4.78, 5) is 23.4. The fourth-order valence-corrected chi connectivity index (χ4v) is 5.89. The van der Waals surface area contributed by atoms with Crippen molar-refractivity contribution in [2.75, 3.05) is 0 Å². The van der Waals surface area contributed by atoms with Crippen molar-refractivity contribution in [2.24, 2.45) is 5.92 Å². The predicted octanol–water partition coefficient (Wildman–Crippen LogP) is 7.22. The predicted molar refractivity (Wildman–Crippen MR) is 152 cm³/mol. The summed E-state index contributed by atoms with van der Waals surface area (Å²) in [7, 11) is 0. The summed E-state index contributed by atoms with van der Waals surface area (Å²) < 4.78 is 54.0. The Morgan fingerprint density at radius 1 is 1.14 bits per heavy atom. The van der Waals surface area contributed by atoms with Crippen molar-refractivity contribution in [1.29, 1.82) is 0 Å². The van der Waals surface area contributed by atoms with E-state index in [1.165, 1.54) is 6.20 Å². The third-order valence-corrected chi connectivity index (χ3v) is 7.41. The molecule has 0 radical (unpaired) electrons. The Labute approximate surface area is 243 Å². The number of imidazole rings is 1. The van der Waals surface area contributed by atoms with Gasteiger partial charge in [-0.15, -0.1) is 0 Å². The molecule has 1 aliphatic carbocycles. The minimum Gasteiger partial charge on any atom is -0.490 e. The van der Waals surface area contributed by atoms with E-state index in [9.17, 15) is 18.0 Å². The Balaban J connectivity index is 1.61. The lowest BCUT2D eigenvalue weighted by Gasteiger charge is -2.43. The molecule has 1 unspecified atom stereocenters. The molecule has 2 heterocycles. The second-order valence-corrected chi connectivity index (χ2v) is 12.1. The van der Waals surface area contributed by atoms with E-state index in [4.69, 9.17) is 14.3 Å². The SMILES string of the molecule is CC(C)Oc1ccc(-n2ccnc2C(F)(F)F)cc1C1=C[C@]2(CCCC(C(=O)OC(C)(C)C)[C@H]2c2ccccc2)ON1. The highest BCUT2D eigenvalue weighted by atomic mass is 19.4. The van der Waals surface area contributed by atoms with Gasteiger partial charge < -0.3 is 9.47 Å². The molecule has 2 aliphatic rings. The minimum absolute atomic E-state index is 0.186. The summed E-state index contributed by atoms with van der Waals surface area (Å²) in [6.45, 7) is 9.30. The molecule has 3 atom stereocenters. The number of hydrogen-bond acceptors (Lipinski definition) is 6. The van der Waals surface area contributed by atoms with E-state index in [-0.39, 0.29) is 23.7 Å². The fourth-order valence-electron chi connectivity index (χ4n) is 5.89. The Bertz CT molecular complexity index is 1460. The number of hydrogen-bond donors (Lipinski definition) is 1. The molecule has 42 heavy (non-hydrogen) atoms. The fraction of sp³-hybridized carbons (Fsp3) is 0.438. The topological polar surface area (TPSA) is 74.6 Å². The van der Waals surface area contributed by atoms with Gasteiger partial charge in [-0.05, 0) is 83.7 Å². The van der Waals surface area contributed by atoms with Crippen LogP contribution in [0.3, 0.4) is 0 Å². The number of rotatable bonds is 6. The average Bonchev–Trinajstić information content (AvgIpc) is 3.57. The molecule has 1 fully saturated rings. The van der Waals surface area contributed by atoms with Gasteiger partial charge in [0.25, 0.3) is 0 Å². The third kappa shape index (κ3) is 6.04. The van der Waals surface area contributed by atoms with Crippen molar-refractivity contribution in [3.8, 4) is 11.4 Å². The van der Waals surface area contributed by atoms with E-state index in [1.807, 2.05) is 71.0 Å². The number of nitrogens with zero attached hydrogens (tertiary/aromatic N) is 2. The molecule has 224 valence electrons. The Morgan fingerprint density at radius 2 is 1.88 bits per heavy atom. The number of carbonyl (C=O) groups excluding carboxylic acids is 1. The van der Waals surface area contributed by atoms with Crippen molar-refractivity contribution in [3.63, 3.8) is 0 Å². The number of aromatic nitrogens is 2. The zero-order valence-corrected chi connectivity index (χ0v) is 24.4. The van der Waals surface area contributed by atoms with Crippen molar-refractivity contribution in [2.45, 2.75) is 83.3 Å². The Hall–Kier alpha value is -3.79. The molecule has 10 heteroatoms. The minimum atomic E-state index is -4.63. The van der Waals surface area contributed by atoms with Gasteiger partial charge in [-0.2, -0.15) is 13.2 Å². The van der Waals surface area contributed by atoms with Crippen LogP contribution in [0.5, 0.6) is 5.75 Å². The molecule has 2 aromatic carbocycles. The second kappa shape index (κ2) is 11.1. The van der Waals surface area contributed by atoms with Crippen molar-refractivity contribution in [3.05, 3.63) is 84.0 Å². The van der Waals surface area contributed by atoms with Crippen molar-refractivity contribution >= 4 is 11.7 Å². The molecule has 1 N–H and O–H groups in total. The lowest BCUT2D eigenvalue weighted by atomic mass is 9.65. The van der Waals surface area contributed by atoms with Crippen LogP contribution in [0.4, 0.5) is 13.2 Å². The van der Waals surface area contributed by atoms with Crippen molar-refractivity contribution < 1.29 is 32.3 Å². The lowest BCUT2D eigenvalue weighted by Crippen LogP contribution is -2.47. The molecule has 0 amide bonds. The van der Waals surface area contributed by atoms with Gasteiger partial charge >= 0.3 is 12.1 Å². The van der Waals surface area contributed by atoms with Gasteiger partial charge in [0.2, 0.25) is 5.82 Å². The summed E-state index contributed by atoms with van der Waals surface area (Å²) in [6, 6.07) is 14.6. The summed E-state index contributed by atoms with van der Waals surface area (Å²) in [6.07, 6.45) is 1.52. The molecule has 0 bridgehead atoms. The smallest absolute Gasteiger partial charge is 0.450 e. The van der Waals surface area contributed by atoms with Crippen LogP contribution >= 0.6 is 0 Å². The molecule has 7 nitrogen and oxygen atoms in total. The molecule has 1 aliphatic heterocycles. The molecular formula is C32H36F3N3O4. The summed E-state index contributed by atoms with van der Waals surface area (Å²) in [5, 5.41) is 0. The van der Waals surface area contributed by atoms with Crippen LogP contribution < -0.4 is 10.2 Å². The highest BCUT2D eigenvalue weighted by molar-refractivity contribution is 5.77. The van der Waals surface area contributed by atoms with Crippen LogP contribution in [-0.4, -0.2) is 32.8 Å². The van der Waals surface area contributed by atoms with Crippen LogP contribution in [0.1, 0.15) is 76.8 Å². The Kier molecular flexibility index (Phi) is 7.87. The molecule has 5 rings (SSSR count). The maximum absolute atomic E-state index is 13.7. The number of halogens is 3. The number of esters is 1. The zero-order chi connectivity index (χ0) is 30.3. The maximum Gasteiger partial charge on any atom is 0.450 e. The number of alkyl halides is 3. The number of carbonyl (C=O) groups is 1. The highest BCUT2D eigenvalue weighted by Gasteiger charge is 2.52. The van der Waals surface area contributed by atoms with Crippen molar-refractivity contribution in [1.82, 2.24) is 15.0 Å². The second-order valence-electron chi connectivity index (χ2n) is 12.1. The van der Waals surface area contributed by atoms with E-state index in [1.54, 1.807) is 18.2 Å². The first-order valence-electron chi connectivity index (χ1n) is 14.1. The first kappa shape index (κ1) is 29.7. The lowest BCUT2D eigenvalue weighted by molar-refractivity contribution is -0.168. The molecule has 3 aromatic rings. The van der Waals surface area contributed by atoms with Gasteiger partial charge in [0, 0.05) is 29.6 Å². The van der Waals surface area contributed by atoms with Crippen LogP contribution in [0.15, 0.2) is 67.0 Å². The van der Waals surface area contributed by atoms with E-state index in [0.717, 1.165) is 22.7 Å². The Morgan fingerprint density at radius 3 is 2.55 bits per heavy atom. The number of benzene rings is 2. The number of nitrogens with one attached hydrogen (secondary N) is 1. The van der Waals surface area contributed by atoms with E-state index in [2.05, 4.69) is 10.5 Å². The largest absolute Gasteiger partial charge is 0.490 e. The molecule has 1 spiro atoms. The van der Waals surface area contributed by atoms with E-state index >= 15 is 0 Å². The summed E-state index contributed by atoms with van der Waals surface area (Å²) in [5.41, 5.74) is 3.78. The monoisotopic (exact) mass is 583 g/mol. The zero-order valence-electron chi connectivity index (χ0n) is 24.4. The van der Waals surface area contributed by atoms with Gasteiger partial charge in [-0.25, -0.2) is 4.98 Å². The van der Waals surface area contributed by atoms with Gasteiger partial charge in [0.1, 0.15) is 17.0 Å². The van der Waals surface area contributed by atoms with Crippen LogP contribution in [-0.2, 0) is 20.5 Å². The molecule has 1 aromatic heterocycles. The highest BCUT2D eigenvalue weighted by Crippen LogP contribution is 2.51. The molecular weight excluding hydrogens is 547 g/mol. The summed E-state index contributed by atoms with van der Waals surface area (Å²) >= 11 is 0. The summed E-state index contributed by atoms with van der Waals surface area (Å²) in [5.74, 6) is -1.65. The first-order valence-corrected chi connectivity index (χ1v) is 14.1. The van der Waals surface area contributed by atoms with Crippen LogP contribution in [0, 0.1) is 5.92 Å². The average molecular weight is 584 g/mol. The molecule has 0 saturated heterocycles. The standard InChI is InChI=1S/C32H36F3N3O4/c1-20(2)40-26-14-13-22(38-17-16-36-29(38)32(33,34)35)18-24(26)25-19-31(42-37-25)15-9-12-23(28(39)41-30(3,4)5)27(31)21-10-7-6-8-11-21/h6-8,10-11,13-14,16-20,23,27,37H,9,12,15H2,1-5H3/t23?,27-,31+/m1/s1. The number of hydroxylamine groups is 1. The molecule has 1 saturated carbocycles. The maximum atomic E-state index is 13.7. The van der Waals surface area contributed by atoms with E-state index in [0.29, 0.717) is 29.9 Å². The normalized spacial score (nSPS) is 22.6. The van der Waals surface area contributed by atoms with E-state index < -0.39 is 29.1 Å². The van der Waals surface area contributed by atoms with Gasteiger partial charge in [0.05, 0.1) is 17.7 Å². The van der Waals surface area contributed by atoms with Gasteiger partial charge in [0.15, 0.2) is 0 Å². The quantitative estimate of drug-likeness (QED) is 0.309. The van der Waals surface area contributed by atoms with Crippen LogP contribution in [0.25, 0.3) is 11.4 Å². The van der Waals surface area contributed by atoms with Gasteiger partial charge in [-0.3, -0.25) is 19.7 Å². The third-order valence-electron chi connectivity index (χ3n) is 7.41. The van der Waals surface area contributed by atoms with Gasteiger partial charge in [-0.1, -0.05) is 30.3 Å². The first-order chi connectivity index (χ1) is 19.8. The van der Waals surface area contributed by atoms with Crippen LogP contribution in [0.2, 0.25) is 0 Å². The number of ether oxygens (including phenoxy) is 2.